The average Bonchev–Trinajstić information content (AvgIpc) is 2.16. The summed E-state index contributed by atoms with van der Waals surface area (Å²) in [5, 5.41) is 2.96. The molecular formula is C12H27ClN2O2. The summed E-state index contributed by atoms with van der Waals surface area (Å²) in [6, 6.07) is 0. The highest BCUT2D eigenvalue weighted by atomic mass is 35.5. The molecule has 4 nitrogen and oxygen atoms in total. The molecule has 0 bridgehead atoms. The highest BCUT2D eigenvalue weighted by Gasteiger charge is 2.19. The fourth-order valence-corrected chi connectivity index (χ4v) is 1.62. The lowest BCUT2D eigenvalue weighted by Crippen LogP contribution is -2.46. The molecule has 0 spiro atoms. The Morgan fingerprint density at radius 3 is 2.35 bits per heavy atom. The van der Waals surface area contributed by atoms with Crippen molar-refractivity contribution in [3.63, 3.8) is 0 Å². The van der Waals surface area contributed by atoms with Crippen LogP contribution in [0.2, 0.25) is 0 Å². The van der Waals surface area contributed by atoms with Gasteiger partial charge in [-0.3, -0.25) is 4.79 Å². The Morgan fingerprint density at radius 1 is 1.24 bits per heavy atom. The number of nitrogens with two attached hydrogens (primary N) is 1. The van der Waals surface area contributed by atoms with Crippen molar-refractivity contribution in [1.29, 1.82) is 0 Å². The number of amides is 1. The van der Waals surface area contributed by atoms with Crippen molar-refractivity contribution < 1.29 is 9.53 Å². The van der Waals surface area contributed by atoms with Gasteiger partial charge in [-0.15, -0.1) is 12.4 Å². The smallest absolute Gasteiger partial charge is 0.220 e. The van der Waals surface area contributed by atoms with Crippen molar-refractivity contribution in [3.05, 3.63) is 0 Å². The van der Waals surface area contributed by atoms with Crippen LogP contribution in [-0.2, 0) is 9.53 Å². The number of methoxy groups -OCH3 is 1. The summed E-state index contributed by atoms with van der Waals surface area (Å²) in [5.41, 5.74) is 5.12. The molecule has 0 aliphatic carbocycles. The molecular weight excluding hydrogens is 240 g/mol. The van der Waals surface area contributed by atoms with Crippen molar-refractivity contribution in [2.24, 2.45) is 5.73 Å². The molecule has 0 atom stereocenters. The number of halogens is 1. The van der Waals surface area contributed by atoms with E-state index in [1.54, 1.807) is 7.11 Å². The second-order valence-electron chi connectivity index (χ2n) is 4.82. The van der Waals surface area contributed by atoms with E-state index in [2.05, 4.69) is 5.32 Å². The second kappa shape index (κ2) is 10.8. The van der Waals surface area contributed by atoms with Gasteiger partial charge in [0.2, 0.25) is 5.91 Å². The topological polar surface area (TPSA) is 64.3 Å². The fraction of sp³-hybridized carbons (Fsp3) is 0.917. The van der Waals surface area contributed by atoms with Gasteiger partial charge in [0.25, 0.3) is 0 Å². The molecule has 3 N–H and O–H groups in total. The van der Waals surface area contributed by atoms with Crippen LogP contribution >= 0.6 is 12.4 Å². The summed E-state index contributed by atoms with van der Waals surface area (Å²) in [6.45, 7) is 5.20. The van der Waals surface area contributed by atoms with Crippen LogP contribution in [0.15, 0.2) is 0 Å². The van der Waals surface area contributed by atoms with Crippen molar-refractivity contribution in [3.8, 4) is 0 Å². The molecule has 5 heteroatoms. The van der Waals surface area contributed by atoms with E-state index in [0.717, 1.165) is 32.2 Å². The lowest BCUT2D eigenvalue weighted by molar-refractivity contribution is -0.123. The van der Waals surface area contributed by atoms with E-state index in [0.29, 0.717) is 13.0 Å². The minimum Gasteiger partial charge on any atom is -0.382 e. The molecule has 0 aromatic rings. The van der Waals surface area contributed by atoms with Crippen LogP contribution in [-0.4, -0.2) is 31.7 Å². The van der Waals surface area contributed by atoms with Crippen molar-refractivity contribution >= 4 is 18.3 Å². The number of hydrogen-bond donors (Lipinski definition) is 2. The first-order valence-corrected chi connectivity index (χ1v) is 6.02. The molecule has 1 amide bonds. The maximum Gasteiger partial charge on any atom is 0.220 e. The maximum atomic E-state index is 11.6. The monoisotopic (exact) mass is 266 g/mol. The molecule has 0 fully saturated rings. The molecule has 0 heterocycles. The molecule has 17 heavy (non-hydrogen) atoms. The molecule has 0 rings (SSSR count). The van der Waals surface area contributed by atoms with Crippen LogP contribution in [0.5, 0.6) is 0 Å². The van der Waals surface area contributed by atoms with Crippen molar-refractivity contribution in [2.45, 2.75) is 51.5 Å². The van der Waals surface area contributed by atoms with Crippen LogP contribution in [0.3, 0.4) is 0 Å². The van der Waals surface area contributed by atoms with E-state index < -0.39 is 0 Å². The zero-order chi connectivity index (χ0) is 12.4. The Kier molecular flexibility index (Phi) is 12.1. The van der Waals surface area contributed by atoms with E-state index >= 15 is 0 Å². The lowest BCUT2D eigenvalue weighted by Gasteiger charge is -2.25. The van der Waals surface area contributed by atoms with Gasteiger partial charge in [0.1, 0.15) is 0 Å². The predicted molar refractivity (Wildman–Crippen MR) is 73.5 cm³/mol. The standard InChI is InChI=1S/C12H26N2O2.ClH/c1-12(2,10-16-3)14-11(15)8-6-4-5-7-9-13;/h4-10,13H2,1-3H3,(H,14,15);1H. The first-order chi connectivity index (χ1) is 7.52. The third-order valence-electron chi connectivity index (χ3n) is 2.34. The van der Waals surface area contributed by atoms with Gasteiger partial charge in [0, 0.05) is 13.5 Å². The number of nitrogens with one attached hydrogen (secondary N) is 1. The van der Waals surface area contributed by atoms with E-state index in [9.17, 15) is 4.79 Å². The molecule has 0 radical (unpaired) electrons. The van der Waals surface area contributed by atoms with Crippen LogP contribution in [0, 0.1) is 0 Å². The van der Waals surface area contributed by atoms with Gasteiger partial charge in [-0.05, 0) is 33.2 Å². The summed E-state index contributed by atoms with van der Waals surface area (Å²) >= 11 is 0. The highest BCUT2D eigenvalue weighted by Crippen LogP contribution is 2.06. The molecule has 0 unspecified atom stereocenters. The fourth-order valence-electron chi connectivity index (χ4n) is 1.62. The first kappa shape index (κ1) is 19.0. The Hall–Kier alpha value is -0.320. The van der Waals surface area contributed by atoms with Crippen LogP contribution in [0.4, 0.5) is 0 Å². The van der Waals surface area contributed by atoms with Gasteiger partial charge < -0.3 is 15.8 Å². The van der Waals surface area contributed by atoms with Crippen LogP contribution in [0.1, 0.15) is 46.0 Å². The van der Waals surface area contributed by atoms with E-state index in [-0.39, 0.29) is 23.9 Å². The number of carbonyl (C=O) groups excluding carboxylic acids is 1. The number of unbranched alkanes of at least 4 members (excludes halogenated alkanes) is 3. The molecule has 0 aromatic heterocycles. The number of hydrogen-bond acceptors (Lipinski definition) is 3. The molecule has 0 aromatic carbocycles. The normalized spacial score (nSPS) is 10.8. The highest BCUT2D eigenvalue weighted by molar-refractivity contribution is 5.85. The largest absolute Gasteiger partial charge is 0.382 e. The molecule has 0 aliphatic rings. The Balaban J connectivity index is 0. The average molecular weight is 267 g/mol. The zero-order valence-corrected chi connectivity index (χ0v) is 12.1. The molecule has 0 saturated heterocycles. The zero-order valence-electron chi connectivity index (χ0n) is 11.3. The van der Waals surface area contributed by atoms with Gasteiger partial charge >= 0.3 is 0 Å². The van der Waals surface area contributed by atoms with Gasteiger partial charge in [0.15, 0.2) is 0 Å². The Morgan fingerprint density at radius 2 is 1.82 bits per heavy atom. The summed E-state index contributed by atoms with van der Waals surface area (Å²) in [4.78, 5) is 11.6. The van der Waals surface area contributed by atoms with Gasteiger partial charge in [-0.2, -0.15) is 0 Å². The third kappa shape index (κ3) is 11.9. The summed E-state index contributed by atoms with van der Waals surface area (Å²) in [6.07, 6.45) is 4.78. The molecule has 0 aliphatic heterocycles. The van der Waals surface area contributed by atoms with Gasteiger partial charge in [-0.1, -0.05) is 12.8 Å². The third-order valence-corrected chi connectivity index (χ3v) is 2.34. The SMILES string of the molecule is COCC(C)(C)NC(=O)CCCCCCN.Cl. The Bertz CT molecular complexity index is 199. The predicted octanol–water partition coefficient (Wildman–Crippen LogP) is 1.86. The second-order valence-corrected chi connectivity index (χ2v) is 4.82. The lowest BCUT2D eigenvalue weighted by atomic mass is 10.1. The quantitative estimate of drug-likeness (QED) is 0.626. The number of rotatable bonds is 9. The van der Waals surface area contributed by atoms with Crippen LogP contribution < -0.4 is 11.1 Å². The number of ether oxygens (including phenoxy) is 1. The van der Waals surface area contributed by atoms with Crippen LogP contribution in [0.25, 0.3) is 0 Å². The van der Waals surface area contributed by atoms with Gasteiger partial charge in [0.05, 0.1) is 12.1 Å². The van der Waals surface area contributed by atoms with Crippen molar-refractivity contribution in [1.82, 2.24) is 5.32 Å². The van der Waals surface area contributed by atoms with Gasteiger partial charge in [-0.25, -0.2) is 0 Å². The summed E-state index contributed by atoms with van der Waals surface area (Å²) in [5.74, 6) is 0.106. The summed E-state index contributed by atoms with van der Waals surface area (Å²) < 4.78 is 5.04. The minimum atomic E-state index is -0.275. The maximum absolute atomic E-state index is 11.6. The first-order valence-electron chi connectivity index (χ1n) is 6.02. The number of carbonyl (C=O) groups is 1. The molecule has 0 saturated carbocycles. The van der Waals surface area contributed by atoms with E-state index in [1.807, 2.05) is 13.8 Å². The molecule has 104 valence electrons. The summed E-state index contributed by atoms with van der Waals surface area (Å²) in [7, 11) is 1.64. The van der Waals surface area contributed by atoms with Crippen molar-refractivity contribution in [2.75, 3.05) is 20.3 Å². The Labute approximate surface area is 111 Å². The minimum absolute atomic E-state index is 0. The van der Waals surface area contributed by atoms with E-state index in [1.165, 1.54) is 0 Å². The van der Waals surface area contributed by atoms with E-state index in [4.69, 9.17) is 10.5 Å².